The van der Waals surface area contributed by atoms with Crippen molar-refractivity contribution < 1.29 is 14.7 Å². The van der Waals surface area contributed by atoms with Crippen molar-refractivity contribution in [2.24, 2.45) is 5.73 Å². The van der Waals surface area contributed by atoms with Gasteiger partial charge in [0.15, 0.2) is 0 Å². The summed E-state index contributed by atoms with van der Waals surface area (Å²) in [5.41, 5.74) is 9.03. The molecule has 0 spiro atoms. The minimum absolute atomic E-state index is 0.0626. The maximum Gasteiger partial charge on any atom is 0.253 e. The van der Waals surface area contributed by atoms with Gasteiger partial charge in [0.25, 0.3) is 5.91 Å². The second kappa shape index (κ2) is 9.11. The summed E-state index contributed by atoms with van der Waals surface area (Å²) in [7, 11) is 0. The van der Waals surface area contributed by atoms with Gasteiger partial charge in [-0.15, -0.1) is 0 Å². The zero-order chi connectivity index (χ0) is 21.8. The van der Waals surface area contributed by atoms with Crippen LogP contribution >= 0.6 is 0 Å². The number of aliphatic hydroxyl groups excluding tert-OH is 1. The molecule has 1 aromatic heterocycles. The van der Waals surface area contributed by atoms with Gasteiger partial charge in [-0.1, -0.05) is 36.4 Å². The van der Waals surface area contributed by atoms with Crippen molar-refractivity contribution in [3.8, 4) is 0 Å². The zero-order valence-corrected chi connectivity index (χ0v) is 17.1. The highest BCUT2D eigenvalue weighted by atomic mass is 16.3. The van der Waals surface area contributed by atoms with E-state index >= 15 is 0 Å². The normalized spacial score (nSPS) is 15.5. The summed E-state index contributed by atoms with van der Waals surface area (Å²) in [5, 5.41) is 17.4. The van der Waals surface area contributed by atoms with Gasteiger partial charge in [-0.25, -0.2) is 0 Å². The molecule has 0 saturated carbocycles. The lowest BCUT2D eigenvalue weighted by molar-refractivity contribution is -0.134. The molecule has 1 aliphatic rings. The number of aromatic nitrogens is 2. The number of benzene rings is 2. The summed E-state index contributed by atoms with van der Waals surface area (Å²) < 4.78 is 0. The van der Waals surface area contributed by atoms with Crippen LogP contribution in [0, 0.1) is 0 Å². The predicted octanol–water partition coefficient (Wildman–Crippen LogP) is 1.34. The fourth-order valence-corrected chi connectivity index (χ4v) is 3.65. The third-order valence-corrected chi connectivity index (χ3v) is 5.48. The fourth-order valence-electron chi connectivity index (χ4n) is 3.65. The standard InChI is InChI=1S/C23H25N5O3/c24-19(15-29)23(31)28-13-11-27(12-14-28)22(30)17-8-5-16(6-9-17)7-10-21-18-3-1-2-4-20(18)25-26-21/h1-10,19,29H,11-15,24H2,(H,25,26)/t19-/m0/s1. The minimum atomic E-state index is -0.901. The van der Waals surface area contributed by atoms with E-state index in [4.69, 9.17) is 10.8 Å². The molecule has 0 aliphatic carbocycles. The Morgan fingerprint density at radius 3 is 2.42 bits per heavy atom. The van der Waals surface area contributed by atoms with Crippen LogP contribution in [0.25, 0.3) is 23.1 Å². The third kappa shape index (κ3) is 4.50. The molecule has 0 radical (unpaired) electrons. The first-order chi connectivity index (χ1) is 15.1. The molecular weight excluding hydrogens is 394 g/mol. The molecule has 1 saturated heterocycles. The first-order valence-corrected chi connectivity index (χ1v) is 10.2. The molecule has 1 atom stereocenters. The number of carbonyl (C=O) groups is 2. The number of aromatic amines is 1. The molecule has 2 aromatic carbocycles. The summed E-state index contributed by atoms with van der Waals surface area (Å²) in [6, 6.07) is 14.5. The van der Waals surface area contributed by atoms with Gasteiger partial charge in [0.1, 0.15) is 6.04 Å². The monoisotopic (exact) mass is 419 g/mol. The van der Waals surface area contributed by atoms with E-state index in [1.165, 1.54) is 0 Å². The molecule has 0 unspecified atom stereocenters. The maximum atomic E-state index is 12.8. The Morgan fingerprint density at radius 2 is 1.71 bits per heavy atom. The summed E-state index contributed by atoms with van der Waals surface area (Å²) in [6.07, 6.45) is 3.91. The van der Waals surface area contributed by atoms with Crippen LogP contribution in [0.4, 0.5) is 0 Å². The number of nitrogens with zero attached hydrogens (tertiary/aromatic N) is 3. The molecule has 0 bridgehead atoms. The predicted molar refractivity (Wildman–Crippen MR) is 119 cm³/mol. The highest BCUT2D eigenvalue weighted by Gasteiger charge is 2.27. The average Bonchev–Trinajstić information content (AvgIpc) is 3.25. The molecule has 8 nitrogen and oxygen atoms in total. The molecule has 8 heteroatoms. The Kier molecular flexibility index (Phi) is 6.11. The van der Waals surface area contributed by atoms with E-state index in [1.54, 1.807) is 9.80 Å². The number of aliphatic hydroxyl groups is 1. The van der Waals surface area contributed by atoms with Crippen molar-refractivity contribution in [1.82, 2.24) is 20.0 Å². The SMILES string of the molecule is N[C@@H](CO)C(=O)N1CCN(C(=O)c2ccc(C=Cc3n[nH]c4ccccc34)cc2)CC1. The Bertz CT molecular complexity index is 1100. The van der Waals surface area contributed by atoms with Crippen LogP contribution in [0.1, 0.15) is 21.6 Å². The van der Waals surface area contributed by atoms with Crippen molar-refractivity contribution >= 4 is 34.9 Å². The van der Waals surface area contributed by atoms with E-state index in [1.807, 2.05) is 60.7 Å². The van der Waals surface area contributed by atoms with E-state index in [0.717, 1.165) is 22.2 Å². The highest BCUT2D eigenvalue weighted by Crippen LogP contribution is 2.18. The van der Waals surface area contributed by atoms with Crippen LogP contribution in [0.15, 0.2) is 48.5 Å². The lowest BCUT2D eigenvalue weighted by Crippen LogP contribution is -2.55. The molecule has 4 rings (SSSR count). The van der Waals surface area contributed by atoms with Crippen LogP contribution < -0.4 is 5.73 Å². The summed E-state index contributed by atoms with van der Waals surface area (Å²) in [5.74, 6) is -0.345. The van der Waals surface area contributed by atoms with Gasteiger partial charge < -0.3 is 20.6 Å². The number of nitrogens with two attached hydrogens (primary N) is 1. The second-order valence-corrected chi connectivity index (χ2v) is 7.52. The quantitative estimate of drug-likeness (QED) is 0.577. The number of hydrogen-bond acceptors (Lipinski definition) is 5. The number of nitrogens with one attached hydrogen (secondary N) is 1. The molecule has 2 amide bonds. The average molecular weight is 419 g/mol. The van der Waals surface area contributed by atoms with E-state index in [2.05, 4.69) is 10.2 Å². The van der Waals surface area contributed by atoms with Gasteiger partial charge in [-0.2, -0.15) is 5.10 Å². The maximum absolute atomic E-state index is 12.8. The van der Waals surface area contributed by atoms with E-state index in [9.17, 15) is 9.59 Å². The molecular formula is C23H25N5O3. The Morgan fingerprint density at radius 1 is 1.03 bits per heavy atom. The van der Waals surface area contributed by atoms with Gasteiger partial charge in [0, 0.05) is 37.1 Å². The van der Waals surface area contributed by atoms with E-state index < -0.39 is 6.04 Å². The van der Waals surface area contributed by atoms with Crippen molar-refractivity contribution in [3.63, 3.8) is 0 Å². The molecule has 31 heavy (non-hydrogen) atoms. The number of carbonyl (C=O) groups excluding carboxylic acids is 2. The largest absolute Gasteiger partial charge is 0.394 e. The van der Waals surface area contributed by atoms with Gasteiger partial charge >= 0.3 is 0 Å². The van der Waals surface area contributed by atoms with Gasteiger partial charge in [0.2, 0.25) is 5.91 Å². The fraction of sp³-hybridized carbons (Fsp3) is 0.261. The Balaban J connectivity index is 1.37. The lowest BCUT2D eigenvalue weighted by atomic mass is 10.1. The summed E-state index contributed by atoms with van der Waals surface area (Å²) >= 11 is 0. The zero-order valence-electron chi connectivity index (χ0n) is 17.1. The lowest BCUT2D eigenvalue weighted by Gasteiger charge is -2.35. The van der Waals surface area contributed by atoms with Crippen LogP contribution in [-0.2, 0) is 4.79 Å². The molecule has 1 fully saturated rings. The summed E-state index contributed by atoms with van der Waals surface area (Å²) in [4.78, 5) is 28.2. The van der Waals surface area contributed by atoms with Gasteiger partial charge in [-0.3, -0.25) is 14.7 Å². The number of amides is 2. The first-order valence-electron chi connectivity index (χ1n) is 10.2. The summed E-state index contributed by atoms with van der Waals surface area (Å²) in [6.45, 7) is 1.33. The molecule has 2 heterocycles. The van der Waals surface area contributed by atoms with Crippen LogP contribution in [-0.4, -0.2) is 75.7 Å². The molecule has 160 valence electrons. The first kappa shape index (κ1) is 20.8. The van der Waals surface area contributed by atoms with Gasteiger partial charge in [-0.05, 0) is 29.8 Å². The van der Waals surface area contributed by atoms with Crippen molar-refractivity contribution in [2.75, 3.05) is 32.8 Å². The van der Waals surface area contributed by atoms with E-state index in [0.29, 0.717) is 31.7 Å². The Hall–Kier alpha value is -3.49. The molecule has 1 aliphatic heterocycles. The van der Waals surface area contributed by atoms with Crippen LogP contribution in [0.5, 0.6) is 0 Å². The van der Waals surface area contributed by atoms with Crippen LogP contribution in [0.3, 0.4) is 0 Å². The smallest absolute Gasteiger partial charge is 0.253 e. The number of piperazine rings is 1. The number of hydrogen-bond donors (Lipinski definition) is 3. The highest BCUT2D eigenvalue weighted by molar-refractivity contribution is 5.95. The number of para-hydroxylation sites is 1. The third-order valence-electron chi connectivity index (χ3n) is 5.48. The van der Waals surface area contributed by atoms with Gasteiger partial charge in [0.05, 0.1) is 17.8 Å². The molecule has 3 aromatic rings. The van der Waals surface area contributed by atoms with Crippen molar-refractivity contribution in [3.05, 3.63) is 65.4 Å². The molecule has 4 N–H and O–H groups in total. The Labute approximate surface area is 179 Å². The topological polar surface area (TPSA) is 116 Å². The van der Waals surface area contributed by atoms with Crippen LogP contribution in [0.2, 0.25) is 0 Å². The van der Waals surface area contributed by atoms with Crippen molar-refractivity contribution in [2.45, 2.75) is 6.04 Å². The second-order valence-electron chi connectivity index (χ2n) is 7.52. The van der Waals surface area contributed by atoms with Crippen molar-refractivity contribution in [1.29, 1.82) is 0 Å². The number of rotatable bonds is 5. The minimum Gasteiger partial charge on any atom is -0.394 e. The number of H-pyrrole nitrogens is 1. The van der Waals surface area contributed by atoms with E-state index in [-0.39, 0.29) is 18.4 Å². The number of fused-ring (bicyclic) bond motifs is 1.